The summed E-state index contributed by atoms with van der Waals surface area (Å²) in [6, 6.07) is 9.11. The zero-order valence-electron chi connectivity index (χ0n) is 31.6. The maximum Gasteiger partial charge on any atom is 0.246 e. The first-order valence-electron chi connectivity index (χ1n) is 18.1. The minimum Gasteiger partial charge on any atom is -0.379 e. The number of carbonyl (C=O) groups excluding carboxylic acids is 4. The van der Waals surface area contributed by atoms with Gasteiger partial charge in [-0.1, -0.05) is 71.4 Å². The molecule has 1 aliphatic carbocycles. The molecule has 2 aliphatic rings. The van der Waals surface area contributed by atoms with Crippen LogP contribution in [0.1, 0.15) is 92.6 Å². The van der Waals surface area contributed by atoms with Gasteiger partial charge in [0.15, 0.2) is 0 Å². The highest BCUT2D eigenvalue weighted by Gasteiger charge is 2.46. The number of likely N-dealkylation sites (tertiary alicyclic amines) is 1. The number of carbonyl (C=O) groups is 4. The Labute approximate surface area is 294 Å². The number of benzene rings is 1. The van der Waals surface area contributed by atoms with Crippen LogP contribution in [0.15, 0.2) is 30.3 Å². The summed E-state index contributed by atoms with van der Waals surface area (Å²) < 4.78 is 12.0. The topological polar surface area (TPSA) is 143 Å². The molecule has 11 nitrogen and oxygen atoms in total. The number of imide groups is 1. The van der Waals surface area contributed by atoms with Gasteiger partial charge >= 0.3 is 0 Å². The zero-order valence-corrected chi connectivity index (χ0v) is 31.6. The SMILES string of the molecule is CC[C@H](C)[C@@H]([C@@H](CC(=O)N1CCC[C@H]1[C@H](OC)[C@@H](C)C(=O)NCC1(c2ccccc2)CC1)OC)N(C)[C@H](C(=O)NC(=O)C(C)(C)N)C(C)C. The second-order valence-corrected chi connectivity index (χ2v) is 15.4. The van der Waals surface area contributed by atoms with Crippen molar-refractivity contribution in [2.24, 2.45) is 23.5 Å². The number of ether oxygens (including phenoxy) is 2. The number of nitrogens with zero attached hydrogens (tertiary/aromatic N) is 2. The van der Waals surface area contributed by atoms with Crippen LogP contribution in [-0.4, -0.2) is 104 Å². The molecule has 2 fully saturated rings. The molecule has 1 aliphatic heterocycles. The fraction of sp³-hybridized carbons (Fsp3) is 0.737. The summed E-state index contributed by atoms with van der Waals surface area (Å²) in [5.74, 6) is -1.66. The molecule has 1 saturated heterocycles. The van der Waals surface area contributed by atoms with E-state index in [2.05, 4.69) is 36.6 Å². The van der Waals surface area contributed by atoms with Crippen molar-refractivity contribution in [3.8, 4) is 0 Å². The number of hydrogen-bond donors (Lipinski definition) is 3. The molecule has 1 saturated carbocycles. The Morgan fingerprint density at radius 2 is 1.67 bits per heavy atom. The fourth-order valence-corrected chi connectivity index (χ4v) is 7.61. The third kappa shape index (κ3) is 9.90. The first kappa shape index (κ1) is 40.6. The van der Waals surface area contributed by atoms with Gasteiger partial charge in [0.25, 0.3) is 0 Å². The van der Waals surface area contributed by atoms with Crippen molar-refractivity contribution >= 4 is 23.6 Å². The number of nitrogens with two attached hydrogens (primary N) is 1. The van der Waals surface area contributed by atoms with E-state index >= 15 is 0 Å². The quantitative estimate of drug-likeness (QED) is 0.213. The normalized spacial score (nSPS) is 21.1. The minimum absolute atomic E-state index is 0.00511. The Bertz CT molecular complexity index is 1260. The second-order valence-electron chi connectivity index (χ2n) is 15.4. The summed E-state index contributed by atoms with van der Waals surface area (Å²) >= 11 is 0. The molecular weight excluding hydrogens is 622 g/mol. The van der Waals surface area contributed by atoms with E-state index in [0.717, 1.165) is 32.1 Å². The van der Waals surface area contributed by atoms with Gasteiger partial charge < -0.3 is 25.4 Å². The smallest absolute Gasteiger partial charge is 0.246 e. The van der Waals surface area contributed by atoms with Crippen molar-refractivity contribution in [2.75, 3.05) is 34.4 Å². The van der Waals surface area contributed by atoms with Crippen LogP contribution < -0.4 is 16.4 Å². The van der Waals surface area contributed by atoms with Crippen molar-refractivity contribution in [1.29, 1.82) is 0 Å². The van der Waals surface area contributed by atoms with Crippen molar-refractivity contribution in [3.63, 3.8) is 0 Å². The molecule has 1 heterocycles. The van der Waals surface area contributed by atoms with Gasteiger partial charge in [0, 0.05) is 38.8 Å². The highest BCUT2D eigenvalue weighted by Crippen LogP contribution is 2.47. The summed E-state index contributed by atoms with van der Waals surface area (Å²) in [6.07, 6.45) is 3.54. The predicted octanol–water partition coefficient (Wildman–Crippen LogP) is 3.63. The van der Waals surface area contributed by atoms with E-state index < -0.39 is 41.5 Å². The van der Waals surface area contributed by atoms with E-state index in [9.17, 15) is 19.2 Å². The first-order chi connectivity index (χ1) is 23.0. The van der Waals surface area contributed by atoms with Crippen molar-refractivity contribution in [2.45, 2.75) is 128 Å². The lowest BCUT2D eigenvalue weighted by molar-refractivity contribution is -0.144. The third-order valence-corrected chi connectivity index (χ3v) is 10.9. The van der Waals surface area contributed by atoms with E-state index in [1.54, 1.807) is 28.1 Å². The van der Waals surface area contributed by atoms with E-state index in [0.29, 0.717) is 13.1 Å². The Hall–Kier alpha value is -2.86. The van der Waals surface area contributed by atoms with Crippen LogP contribution in [0.4, 0.5) is 0 Å². The largest absolute Gasteiger partial charge is 0.379 e. The second kappa shape index (κ2) is 17.4. The summed E-state index contributed by atoms with van der Waals surface area (Å²) in [6.45, 7) is 14.2. The van der Waals surface area contributed by atoms with Gasteiger partial charge in [0.2, 0.25) is 23.6 Å². The zero-order chi connectivity index (χ0) is 36.7. The van der Waals surface area contributed by atoms with E-state index in [-0.39, 0.29) is 47.6 Å². The number of nitrogens with one attached hydrogen (secondary N) is 2. The Morgan fingerprint density at radius 3 is 2.18 bits per heavy atom. The van der Waals surface area contributed by atoms with E-state index in [4.69, 9.17) is 15.2 Å². The van der Waals surface area contributed by atoms with Gasteiger partial charge in [0.1, 0.15) is 0 Å². The summed E-state index contributed by atoms with van der Waals surface area (Å²) in [5, 5.41) is 5.70. The molecule has 7 atom stereocenters. The van der Waals surface area contributed by atoms with E-state index in [1.165, 1.54) is 5.56 Å². The predicted molar refractivity (Wildman–Crippen MR) is 192 cm³/mol. The van der Waals surface area contributed by atoms with Crippen LogP contribution in [-0.2, 0) is 34.1 Å². The summed E-state index contributed by atoms with van der Waals surface area (Å²) in [7, 11) is 5.07. The maximum absolute atomic E-state index is 14.1. The average molecular weight is 686 g/mol. The van der Waals surface area contributed by atoms with Crippen molar-refractivity contribution in [3.05, 3.63) is 35.9 Å². The fourth-order valence-electron chi connectivity index (χ4n) is 7.61. The molecule has 3 rings (SSSR count). The molecule has 276 valence electrons. The Kier molecular flexibility index (Phi) is 14.4. The molecule has 0 bridgehead atoms. The molecule has 0 radical (unpaired) electrons. The molecule has 0 unspecified atom stereocenters. The first-order valence-corrected chi connectivity index (χ1v) is 18.1. The Balaban J connectivity index is 1.74. The van der Waals surface area contributed by atoms with Crippen LogP contribution in [0, 0.1) is 17.8 Å². The van der Waals surface area contributed by atoms with Gasteiger partial charge in [-0.2, -0.15) is 0 Å². The van der Waals surface area contributed by atoms with Crippen LogP contribution in [0.25, 0.3) is 0 Å². The molecular formula is C38H63N5O6. The molecule has 49 heavy (non-hydrogen) atoms. The number of rotatable bonds is 18. The van der Waals surface area contributed by atoms with Gasteiger partial charge in [-0.05, 0) is 64.0 Å². The molecule has 1 aromatic rings. The van der Waals surface area contributed by atoms with Crippen LogP contribution in [0.3, 0.4) is 0 Å². The lowest BCUT2D eigenvalue weighted by Crippen LogP contribution is -2.60. The van der Waals surface area contributed by atoms with Crippen LogP contribution in [0.5, 0.6) is 0 Å². The minimum atomic E-state index is -1.21. The number of amides is 4. The standard InChI is InChI=1S/C38H63N5O6/c1-11-25(4)32(42(8)31(24(2)3)35(46)41-36(47)37(6,7)39)29(48-9)22-30(44)43-21-15-18-28(43)33(49-10)26(5)34(45)40-23-38(19-20-38)27-16-13-12-14-17-27/h12-14,16-17,24-26,28-29,31-33H,11,15,18-23,39H2,1-10H3,(H,40,45)(H,41,46,47)/t25-,26+,28-,29+,31-,32-,33+/m0/s1. The van der Waals surface area contributed by atoms with Gasteiger partial charge in [-0.25, -0.2) is 0 Å². The van der Waals surface area contributed by atoms with Crippen LogP contribution in [0.2, 0.25) is 0 Å². The highest BCUT2D eigenvalue weighted by molar-refractivity contribution is 6.01. The maximum atomic E-state index is 14.1. The Morgan fingerprint density at radius 1 is 1.04 bits per heavy atom. The third-order valence-electron chi connectivity index (χ3n) is 10.9. The lowest BCUT2D eigenvalue weighted by Gasteiger charge is -2.43. The molecule has 4 amide bonds. The molecule has 1 aromatic carbocycles. The summed E-state index contributed by atoms with van der Waals surface area (Å²) in [5.41, 5.74) is 5.99. The lowest BCUT2D eigenvalue weighted by atomic mass is 9.87. The number of methoxy groups -OCH3 is 2. The van der Waals surface area contributed by atoms with Crippen LogP contribution >= 0.6 is 0 Å². The number of hydrogen-bond acceptors (Lipinski definition) is 8. The highest BCUT2D eigenvalue weighted by atomic mass is 16.5. The molecule has 0 spiro atoms. The van der Waals surface area contributed by atoms with E-state index in [1.807, 2.05) is 55.8 Å². The molecule has 11 heteroatoms. The van der Waals surface area contributed by atoms with Gasteiger partial charge in [0.05, 0.1) is 42.2 Å². The van der Waals surface area contributed by atoms with Gasteiger partial charge in [-0.3, -0.25) is 29.4 Å². The molecule has 0 aromatic heterocycles. The number of likely N-dealkylation sites (N-methyl/N-ethyl adjacent to an activating group) is 1. The summed E-state index contributed by atoms with van der Waals surface area (Å²) in [4.78, 5) is 57.6. The average Bonchev–Trinajstić information content (AvgIpc) is 3.70. The van der Waals surface area contributed by atoms with Crippen molar-refractivity contribution in [1.82, 2.24) is 20.4 Å². The monoisotopic (exact) mass is 685 g/mol. The molecule has 4 N–H and O–H groups in total. The van der Waals surface area contributed by atoms with Crippen molar-refractivity contribution < 1.29 is 28.7 Å². The van der Waals surface area contributed by atoms with Gasteiger partial charge in [-0.15, -0.1) is 0 Å².